The van der Waals surface area contributed by atoms with Crippen LogP contribution >= 0.6 is 0 Å². The van der Waals surface area contributed by atoms with E-state index < -0.39 is 54.4 Å². The number of amides is 2. The van der Waals surface area contributed by atoms with Gasteiger partial charge in [-0.3, -0.25) is 28.5 Å². The molecular weight excluding hydrogens is 1030 g/mol. The van der Waals surface area contributed by atoms with Crippen LogP contribution in [-0.4, -0.2) is 87.1 Å². The van der Waals surface area contributed by atoms with Crippen LogP contribution < -0.4 is 43.0 Å². The molecule has 0 bridgehead atoms. The summed E-state index contributed by atoms with van der Waals surface area (Å²) < 4.78 is 100. The van der Waals surface area contributed by atoms with E-state index in [1.807, 2.05) is 69.7 Å². The molecule has 77 heavy (non-hydrogen) atoms. The van der Waals surface area contributed by atoms with Crippen LogP contribution in [-0.2, 0) is 40.7 Å². The van der Waals surface area contributed by atoms with Crippen LogP contribution in [0, 0.1) is 11.6 Å². The number of hydrogen-bond acceptors (Lipinski definition) is 13. The number of primary amides is 1. The Morgan fingerprint density at radius 3 is 2.05 bits per heavy atom. The maximum atomic E-state index is 13.2. The topological polar surface area (TPSA) is 295 Å². The number of ketones is 1. The number of hydrogen-bond donors (Lipinski definition) is 7. The molecule has 414 valence electrons. The second kappa shape index (κ2) is 26.3. The molecule has 2 amide bonds. The molecular formula is C55H69F2N8O10S2+. The number of unbranched alkanes of at least 4 members (excludes halogenated alkanes) is 4. The Labute approximate surface area is 449 Å². The van der Waals surface area contributed by atoms with Crippen molar-refractivity contribution in [2.45, 2.75) is 99.7 Å². The van der Waals surface area contributed by atoms with E-state index in [1.165, 1.54) is 47.6 Å². The number of ether oxygens (including phenoxy) is 1. The smallest absolute Gasteiger partial charge is 0.294 e. The van der Waals surface area contributed by atoms with Gasteiger partial charge in [-0.1, -0.05) is 57.0 Å². The van der Waals surface area contributed by atoms with Gasteiger partial charge in [-0.15, -0.1) is 0 Å². The predicted molar refractivity (Wildman–Crippen MR) is 293 cm³/mol. The SMILES string of the molecule is C[N+]1=C(/C=C/C=C/C=C2\N(CCCCCC(=O)NC/C(N)=C/N(N)c3cccc(C(N)=O)c3)c3ccc(S(=O)(=O)O)cc3C2(C)C)C(C)(C)c2cc(S(=O)(=O)O)ccc21.NCCCCCC(=O)COc1c(F)cccc1F. The third kappa shape index (κ3) is 16.0. The summed E-state index contributed by atoms with van der Waals surface area (Å²) in [5.41, 5.74) is 21.7. The van der Waals surface area contributed by atoms with Gasteiger partial charge in [0.05, 0.1) is 27.4 Å². The van der Waals surface area contributed by atoms with E-state index in [4.69, 9.17) is 27.8 Å². The lowest BCUT2D eigenvalue weighted by molar-refractivity contribution is -0.401. The fourth-order valence-electron chi connectivity index (χ4n) is 9.02. The summed E-state index contributed by atoms with van der Waals surface area (Å²) in [5.74, 6) is 3.03. The number of rotatable bonds is 24. The zero-order valence-corrected chi connectivity index (χ0v) is 45.5. The van der Waals surface area contributed by atoms with Crippen molar-refractivity contribution in [3.63, 3.8) is 0 Å². The van der Waals surface area contributed by atoms with Gasteiger partial charge in [0.25, 0.3) is 20.2 Å². The highest BCUT2D eigenvalue weighted by atomic mass is 32.2. The average molecular weight is 1100 g/mol. The summed E-state index contributed by atoms with van der Waals surface area (Å²) in [5, 5.41) is 4.04. The van der Waals surface area contributed by atoms with Gasteiger partial charge >= 0.3 is 0 Å². The van der Waals surface area contributed by atoms with Crippen LogP contribution in [0.15, 0.2) is 137 Å². The Kier molecular flexibility index (Phi) is 20.8. The molecule has 2 aliphatic rings. The summed E-state index contributed by atoms with van der Waals surface area (Å²) in [7, 11) is -6.90. The van der Waals surface area contributed by atoms with Gasteiger partial charge in [0.1, 0.15) is 13.7 Å². The van der Waals surface area contributed by atoms with Gasteiger partial charge in [0, 0.05) is 71.4 Å². The number of carbonyl (C=O) groups excluding carboxylic acids is 3. The van der Waals surface area contributed by atoms with Gasteiger partial charge in [-0.05, 0) is 118 Å². The van der Waals surface area contributed by atoms with Gasteiger partial charge in [-0.2, -0.15) is 21.4 Å². The second-order valence-corrected chi connectivity index (χ2v) is 22.4. The third-order valence-corrected chi connectivity index (χ3v) is 14.9. The number of carbonyl (C=O) groups is 3. The highest BCUT2D eigenvalue weighted by Crippen LogP contribution is 2.49. The fraction of sp³-hybridized carbons (Fsp3) is 0.345. The number of fused-ring (bicyclic) bond motifs is 2. The van der Waals surface area contributed by atoms with E-state index in [1.54, 1.807) is 30.3 Å². The molecule has 4 aromatic rings. The van der Waals surface area contributed by atoms with Crippen LogP contribution in [0.2, 0.25) is 0 Å². The highest BCUT2D eigenvalue weighted by molar-refractivity contribution is 7.86. The Balaban J connectivity index is 0.000000514. The molecule has 6 rings (SSSR count). The van der Waals surface area contributed by atoms with Crippen molar-refractivity contribution in [2.75, 3.05) is 43.2 Å². The average Bonchev–Trinajstić information content (AvgIpc) is 3.73. The molecule has 11 N–H and O–H groups in total. The van der Waals surface area contributed by atoms with Crippen molar-refractivity contribution in [1.29, 1.82) is 0 Å². The molecule has 0 aromatic heterocycles. The summed E-state index contributed by atoms with van der Waals surface area (Å²) in [6, 6.07) is 19.0. The van der Waals surface area contributed by atoms with Crippen molar-refractivity contribution in [3.8, 4) is 5.75 Å². The molecule has 22 heteroatoms. The van der Waals surface area contributed by atoms with Gasteiger partial charge in [-0.25, -0.2) is 14.6 Å². The number of hydrazine groups is 1. The first-order valence-electron chi connectivity index (χ1n) is 24.8. The van der Waals surface area contributed by atoms with Crippen molar-refractivity contribution in [2.24, 2.45) is 23.0 Å². The van der Waals surface area contributed by atoms with E-state index in [0.717, 1.165) is 78.1 Å². The quantitative estimate of drug-likeness (QED) is 0.00900. The molecule has 0 spiro atoms. The Morgan fingerprint density at radius 2 is 1.40 bits per heavy atom. The van der Waals surface area contributed by atoms with Crippen LogP contribution in [0.5, 0.6) is 5.75 Å². The molecule has 0 fully saturated rings. The van der Waals surface area contributed by atoms with E-state index >= 15 is 0 Å². The molecule has 0 aliphatic carbocycles. The maximum absolute atomic E-state index is 13.2. The van der Waals surface area contributed by atoms with Crippen molar-refractivity contribution in [3.05, 3.63) is 155 Å². The maximum Gasteiger partial charge on any atom is 0.294 e. The Morgan fingerprint density at radius 1 is 0.779 bits per heavy atom. The van der Waals surface area contributed by atoms with Crippen LogP contribution in [0.3, 0.4) is 0 Å². The number of nitrogens with one attached hydrogen (secondary N) is 1. The largest absolute Gasteiger partial charge is 0.480 e. The van der Waals surface area contributed by atoms with E-state index in [0.29, 0.717) is 42.9 Å². The standard InChI is InChI=1S/C42H51N7O8S2.C13H17F2NO2/c1-41(2)33-24-31(58(52,53)54)18-20-35(33)47(5)37(41)15-8-6-9-16-38-42(3,4)34-25-32(59(55,56)57)19-21-36(34)48(38)22-11-7-10-17-39(50)46-26-29(43)27-49(45)30-14-12-13-28(23-30)40(44)51;14-11-6-4-7-12(15)13(11)18-9-10(17)5-2-1-3-8-16/h6,8-9,12-16,18-21,23-25,27H,7,10-11,17,22,26,43,45H2,1-5H3,(H4-,44,46,50,51,52,53,54,55,56,57);4,6-7H,1-3,5,8-9,16H2/p+1/b29-27-;. The number of allylic oxidation sites excluding steroid dienone is 6. The Hall–Kier alpha value is -7.08. The molecule has 0 radical (unpaired) electrons. The number of para-hydroxylation sites is 1. The zero-order valence-electron chi connectivity index (χ0n) is 43.8. The van der Waals surface area contributed by atoms with Crippen molar-refractivity contribution in [1.82, 2.24) is 5.32 Å². The minimum atomic E-state index is -4.43. The molecule has 0 saturated heterocycles. The number of benzene rings is 4. The lowest BCUT2D eigenvalue weighted by atomic mass is 9.81. The summed E-state index contributed by atoms with van der Waals surface area (Å²) in [6.07, 6.45) is 16.2. The zero-order chi connectivity index (χ0) is 56.9. The fourth-order valence-corrected chi connectivity index (χ4v) is 10.0. The van der Waals surface area contributed by atoms with E-state index in [9.17, 15) is 49.1 Å². The van der Waals surface area contributed by atoms with E-state index in [2.05, 4.69) is 10.2 Å². The predicted octanol–water partition coefficient (Wildman–Crippen LogP) is 7.37. The molecule has 2 aliphatic heterocycles. The van der Waals surface area contributed by atoms with Crippen molar-refractivity contribution >= 4 is 60.6 Å². The molecule has 0 atom stereocenters. The van der Waals surface area contributed by atoms with Crippen LogP contribution in [0.1, 0.15) is 101 Å². The minimum absolute atomic E-state index is 0.0729. The lowest BCUT2D eigenvalue weighted by Crippen LogP contribution is -2.31. The Bertz CT molecular complexity index is 3210. The minimum Gasteiger partial charge on any atom is -0.480 e. The number of nitrogens with two attached hydrogens (primary N) is 4. The normalized spacial score (nSPS) is 15.4. The van der Waals surface area contributed by atoms with Gasteiger partial charge in [0.15, 0.2) is 28.9 Å². The first-order chi connectivity index (χ1) is 36.2. The molecule has 0 saturated carbocycles. The van der Waals surface area contributed by atoms with Crippen LogP contribution in [0.4, 0.5) is 25.8 Å². The molecule has 0 unspecified atom stereocenters. The monoisotopic (exact) mass is 1100 g/mol. The number of nitrogens with zero attached hydrogens (tertiary/aromatic N) is 3. The van der Waals surface area contributed by atoms with Gasteiger partial charge in [0.2, 0.25) is 17.5 Å². The molecule has 4 aromatic carbocycles. The highest BCUT2D eigenvalue weighted by Gasteiger charge is 2.44. The lowest BCUT2D eigenvalue weighted by Gasteiger charge is -2.27. The summed E-state index contributed by atoms with van der Waals surface area (Å²) in [6.45, 7) is 8.91. The molecule has 18 nitrogen and oxygen atoms in total. The third-order valence-electron chi connectivity index (χ3n) is 13.2. The van der Waals surface area contributed by atoms with Crippen molar-refractivity contribution < 1.29 is 58.4 Å². The van der Waals surface area contributed by atoms with Crippen LogP contribution in [0.25, 0.3) is 0 Å². The number of Topliss-reactive ketones (excluding diaryl/α,β-unsaturated/α-hetero) is 1. The van der Waals surface area contributed by atoms with Gasteiger partial charge < -0.3 is 32.2 Å². The first-order valence-corrected chi connectivity index (χ1v) is 27.7. The number of anilines is 2. The summed E-state index contributed by atoms with van der Waals surface area (Å²) >= 11 is 0. The first kappa shape index (κ1) is 60.8. The summed E-state index contributed by atoms with van der Waals surface area (Å²) in [4.78, 5) is 37.3. The molecule has 2 heterocycles. The number of halogens is 2. The second-order valence-electron chi connectivity index (χ2n) is 19.5. The van der Waals surface area contributed by atoms with E-state index in [-0.39, 0.29) is 41.1 Å².